The number of aromatic nitrogens is 4. The highest BCUT2D eigenvalue weighted by atomic mass is 32.1. The molecule has 0 atom stereocenters. The summed E-state index contributed by atoms with van der Waals surface area (Å²) in [7, 11) is 0. The summed E-state index contributed by atoms with van der Waals surface area (Å²) in [5.74, 6) is 1.63. The van der Waals surface area contributed by atoms with Gasteiger partial charge in [0.2, 0.25) is 4.96 Å². The Morgan fingerprint density at radius 3 is 2.50 bits per heavy atom. The zero-order valence-electron chi connectivity index (χ0n) is 17.8. The van der Waals surface area contributed by atoms with E-state index in [1.807, 2.05) is 31.2 Å². The van der Waals surface area contributed by atoms with Crippen LogP contribution in [0.1, 0.15) is 30.0 Å². The number of thiocarbonyl (C=S) groups is 1. The summed E-state index contributed by atoms with van der Waals surface area (Å²) >= 11 is 6.75. The van der Waals surface area contributed by atoms with Gasteiger partial charge in [-0.15, -0.1) is 10.2 Å². The van der Waals surface area contributed by atoms with Crippen molar-refractivity contribution in [1.82, 2.24) is 25.1 Å². The predicted molar refractivity (Wildman–Crippen MR) is 129 cm³/mol. The van der Waals surface area contributed by atoms with Crippen molar-refractivity contribution >= 4 is 45.2 Å². The Labute approximate surface area is 194 Å². The summed E-state index contributed by atoms with van der Waals surface area (Å²) in [6.45, 7) is 6.66. The number of nitrogens with zero attached hydrogens (tertiary/aromatic N) is 4. The summed E-state index contributed by atoms with van der Waals surface area (Å²) in [5.41, 5.74) is 2.22. The second-order valence-corrected chi connectivity index (χ2v) is 8.93. The van der Waals surface area contributed by atoms with Crippen molar-refractivity contribution in [2.75, 3.05) is 11.9 Å². The Bertz CT molecular complexity index is 1250. The third-order valence-electron chi connectivity index (χ3n) is 4.46. The summed E-state index contributed by atoms with van der Waals surface area (Å²) in [6.07, 6.45) is 0. The number of nitrogens with one attached hydrogen (secondary N) is 2. The predicted octanol–water partition coefficient (Wildman–Crippen LogP) is 4.32. The van der Waals surface area contributed by atoms with Crippen molar-refractivity contribution in [3.8, 4) is 16.3 Å². The van der Waals surface area contributed by atoms with Gasteiger partial charge in [-0.05, 0) is 73.6 Å². The number of carbonyl (C=O) groups is 1. The van der Waals surface area contributed by atoms with Crippen LogP contribution in [0.15, 0.2) is 48.5 Å². The minimum Gasteiger partial charge on any atom is -0.493 e. The molecule has 0 bridgehead atoms. The van der Waals surface area contributed by atoms with Crippen LogP contribution >= 0.6 is 23.6 Å². The fourth-order valence-electron chi connectivity index (χ4n) is 2.83. The molecule has 0 spiro atoms. The number of anilines is 1. The number of hydrogen-bond acceptors (Lipinski definition) is 7. The second-order valence-electron chi connectivity index (χ2n) is 7.56. The van der Waals surface area contributed by atoms with Crippen LogP contribution in [0.2, 0.25) is 0 Å². The minimum absolute atomic E-state index is 0.220. The highest BCUT2D eigenvalue weighted by Gasteiger charge is 2.11. The van der Waals surface area contributed by atoms with Crippen LogP contribution in [0, 0.1) is 12.8 Å². The maximum absolute atomic E-state index is 12.4. The number of amides is 1. The Kier molecular flexibility index (Phi) is 6.42. The van der Waals surface area contributed by atoms with Crippen LogP contribution < -0.4 is 15.4 Å². The molecule has 10 heteroatoms. The molecule has 32 heavy (non-hydrogen) atoms. The first-order valence-electron chi connectivity index (χ1n) is 10.0. The standard InChI is InChI=1S/C22H22N6O2S2/c1-13(2)12-30-18-10-6-15(7-11-18)19(29)24-21(31)23-17-8-4-16(5-9-17)20-27-28-14(3)25-26-22(28)32-20/h4-11,13H,12H2,1-3H3,(H2,23,24,29,31). The lowest BCUT2D eigenvalue weighted by Crippen LogP contribution is -2.34. The van der Waals surface area contributed by atoms with E-state index in [9.17, 15) is 4.79 Å². The number of carbonyl (C=O) groups excluding carboxylic acids is 1. The molecule has 8 nitrogen and oxygen atoms in total. The highest BCUT2D eigenvalue weighted by molar-refractivity contribution is 7.80. The van der Waals surface area contributed by atoms with Crippen molar-refractivity contribution in [3.63, 3.8) is 0 Å². The highest BCUT2D eigenvalue weighted by Crippen LogP contribution is 2.26. The topological polar surface area (TPSA) is 93.4 Å². The quantitative estimate of drug-likeness (QED) is 0.409. The third kappa shape index (κ3) is 5.09. The molecule has 0 saturated heterocycles. The molecular weight excluding hydrogens is 444 g/mol. The fourth-order valence-corrected chi connectivity index (χ4v) is 3.93. The lowest BCUT2D eigenvalue weighted by molar-refractivity contribution is 0.0977. The van der Waals surface area contributed by atoms with E-state index < -0.39 is 0 Å². The average Bonchev–Trinajstić information content (AvgIpc) is 3.35. The number of ether oxygens (including phenoxy) is 1. The normalized spacial score (nSPS) is 11.0. The van der Waals surface area contributed by atoms with Crippen LogP contribution in [0.4, 0.5) is 5.69 Å². The van der Waals surface area contributed by atoms with Gasteiger partial charge in [0.15, 0.2) is 10.9 Å². The van der Waals surface area contributed by atoms with Crippen LogP contribution in [0.25, 0.3) is 15.5 Å². The third-order valence-corrected chi connectivity index (χ3v) is 5.62. The number of hydrogen-bond donors (Lipinski definition) is 2. The smallest absolute Gasteiger partial charge is 0.257 e. The molecule has 0 fully saturated rings. The number of fused-ring (bicyclic) bond motifs is 1. The van der Waals surface area contributed by atoms with Crippen molar-refractivity contribution in [1.29, 1.82) is 0 Å². The molecule has 2 N–H and O–H groups in total. The first-order valence-corrected chi connectivity index (χ1v) is 11.3. The Morgan fingerprint density at radius 2 is 1.84 bits per heavy atom. The van der Waals surface area contributed by atoms with Gasteiger partial charge in [-0.3, -0.25) is 10.1 Å². The van der Waals surface area contributed by atoms with Crippen LogP contribution in [0.5, 0.6) is 5.75 Å². The lowest BCUT2D eigenvalue weighted by atomic mass is 10.2. The zero-order valence-corrected chi connectivity index (χ0v) is 19.5. The zero-order chi connectivity index (χ0) is 22.7. The van der Waals surface area contributed by atoms with Gasteiger partial charge in [0, 0.05) is 16.8 Å². The Hall–Kier alpha value is -3.37. The van der Waals surface area contributed by atoms with Gasteiger partial charge in [-0.1, -0.05) is 25.2 Å². The van der Waals surface area contributed by atoms with Gasteiger partial charge in [0.1, 0.15) is 10.8 Å². The van der Waals surface area contributed by atoms with Gasteiger partial charge < -0.3 is 10.1 Å². The minimum atomic E-state index is -0.287. The second kappa shape index (κ2) is 9.41. The number of benzene rings is 2. The molecule has 4 aromatic rings. The van der Waals surface area contributed by atoms with E-state index >= 15 is 0 Å². The summed E-state index contributed by atoms with van der Waals surface area (Å²) in [5, 5.41) is 19.4. The SMILES string of the molecule is Cc1nnc2sc(-c3ccc(NC(=S)NC(=O)c4ccc(OCC(C)C)cc4)cc3)nn12. The van der Waals surface area contributed by atoms with E-state index in [-0.39, 0.29) is 11.0 Å². The van der Waals surface area contributed by atoms with Crippen LogP contribution in [-0.4, -0.2) is 37.4 Å². The molecule has 0 aliphatic carbocycles. The van der Waals surface area contributed by atoms with Gasteiger partial charge in [-0.25, -0.2) is 0 Å². The van der Waals surface area contributed by atoms with Gasteiger partial charge in [0.25, 0.3) is 5.91 Å². The molecule has 0 unspecified atom stereocenters. The Balaban J connectivity index is 1.34. The molecule has 0 aliphatic rings. The molecule has 1 amide bonds. The molecule has 0 radical (unpaired) electrons. The fraction of sp³-hybridized carbons (Fsp3) is 0.227. The first kappa shape index (κ1) is 21.8. The van der Waals surface area contributed by atoms with E-state index in [4.69, 9.17) is 17.0 Å². The monoisotopic (exact) mass is 466 g/mol. The van der Waals surface area contributed by atoms with Gasteiger partial charge in [0.05, 0.1) is 6.61 Å². The molecule has 2 aromatic heterocycles. The van der Waals surface area contributed by atoms with Gasteiger partial charge in [-0.2, -0.15) is 9.61 Å². The average molecular weight is 467 g/mol. The van der Waals surface area contributed by atoms with E-state index in [0.717, 1.165) is 32.8 Å². The van der Waals surface area contributed by atoms with Crippen molar-refractivity contribution < 1.29 is 9.53 Å². The maximum Gasteiger partial charge on any atom is 0.257 e. The van der Waals surface area contributed by atoms with Gasteiger partial charge >= 0.3 is 0 Å². The Morgan fingerprint density at radius 1 is 1.12 bits per heavy atom. The lowest BCUT2D eigenvalue weighted by Gasteiger charge is -2.11. The molecule has 4 rings (SSSR count). The van der Waals surface area contributed by atoms with E-state index in [2.05, 4.69) is 39.8 Å². The van der Waals surface area contributed by atoms with Crippen molar-refractivity contribution in [2.24, 2.45) is 5.92 Å². The molecule has 0 aliphatic heterocycles. The number of rotatable bonds is 6. The largest absolute Gasteiger partial charge is 0.493 e. The molecule has 2 heterocycles. The maximum atomic E-state index is 12.4. The summed E-state index contributed by atoms with van der Waals surface area (Å²) in [4.78, 5) is 13.2. The summed E-state index contributed by atoms with van der Waals surface area (Å²) < 4.78 is 7.36. The van der Waals surface area contributed by atoms with E-state index in [1.165, 1.54) is 11.3 Å². The molecule has 164 valence electrons. The van der Waals surface area contributed by atoms with E-state index in [1.54, 1.807) is 28.8 Å². The van der Waals surface area contributed by atoms with Crippen molar-refractivity contribution in [2.45, 2.75) is 20.8 Å². The molecule has 0 saturated carbocycles. The summed E-state index contributed by atoms with van der Waals surface area (Å²) in [6, 6.07) is 14.6. The molecule has 2 aromatic carbocycles. The van der Waals surface area contributed by atoms with Crippen molar-refractivity contribution in [3.05, 3.63) is 59.9 Å². The number of aryl methyl sites for hydroxylation is 1. The van der Waals surface area contributed by atoms with E-state index in [0.29, 0.717) is 18.1 Å². The van der Waals surface area contributed by atoms with Crippen LogP contribution in [-0.2, 0) is 0 Å². The molecular formula is C22H22N6O2S2. The first-order chi connectivity index (χ1) is 15.4. The van der Waals surface area contributed by atoms with Crippen LogP contribution in [0.3, 0.4) is 0 Å².